The molecule has 12 heteroatoms. The van der Waals surface area contributed by atoms with E-state index in [0.29, 0.717) is 11.6 Å². The molecule has 0 unspecified atom stereocenters. The van der Waals surface area contributed by atoms with E-state index < -0.39 is 17.7 Å². The van der Waals surface area contributed by atoms with Gasteiger partial charge in [-0.05, 0) is 44.7 Å². The molecule has 1 amide bonds. The van der Waals surface area contributed by atoms with E-state index in [1.807, 2.05) is 6.92 Å². The van der Waals surface area contributed by atoms with Gasteiger partial charge in [0.05, 0.1) is 24.0 Å². The number of aryl methyl sites for hydroxylation is 1. The lowest BCUT2D eigenvalue weighted by Gasteiger charge is -2.28. The van der Waals surface area contributed by atoms with Crippen molar-refractivity contribution in [1.29, 1.82) is 0 Å². The molecule has 0 aliphatic heterocycles. The molecule has 4 heterocycles. The van der Waals surface area contributed by atoms with E-state index in [2.05, 4.69) is 25.5 Å². The number of halogens is 2. The van der Waals surface area contributed by atoms with Crippen molar-refractivity contribution in [1.82, 2.24) is 29.5 Å². The van der Waals surface area contributed by atoms with Crippen molar-refractivity contribution in [3.63, 3.8) is 0 Å². The van der Waals surface area contributed by atoms with Crippen LogP contribution in [0.3, 0.4) is 0 Å². The number of amides is 1. The predicted molar refractivity (Wildman–Crippen MR) is 131 cm³/mol. The Labute approximate surface area is 210 Å². The zero-order chi connectivity index (χ0) is 25.2. The highest BCUT2D eigenvalue weighted by Gasteiger charge is 2.27. The van der Waals surface area contributed by atoms with Gasteiger partial charge in [0.2, 0.25) is 5.95 Å². The van der Waals surface area contributed by atoms with Crippen LogP contribution in [0.1, 0.15) is 49.1 Å². The van der Waals surface area contributed by atoms with Crippen LogP contribution in [-0.4, -0.2) is 48.1 Å². The molecule has 0 spiro atoms. The van der Waals surface area contributed by atoms with E-state index in [4.69, 9.17) is 4.74 Å². The molecule has 0 bridgehead atoms. The van der Waals surface area contributed by atoms with Crippen LogP contribution in [0.5, 0.6) is 0 Å². The van der Waals surface area contributed by atoms with Crippen LogP contribution >= 0.6 is 11.3 Å². The molecule has 0 aromatic carbocycles. The van der Waals surface area contributed by atoms with Gasteiger partial charge in [-0.1, -0.05) is 0 Å². The molecular weight excluding hydrogens is 488 g/mol. The first-order chi connectivity index (χ1) is 17.4. The van der Waals surface area contributed by atoms with Crippen molar-refractivity contribution in [2.24, 2.45) is 7.05 Å². The molecule has 9 nitrogen and oxygen atoms in total. The number of anilines is 1. The van der Waals surface area contributed by atoms with Crippen LogP contribution in [0.25, 0.3) is 22.0 Å². The fourth-order valence-electron chi connectivity index (χ4n) is 4.37. The molecule has 1 saturated carbocycles. The average Bonchev–Trinajstić information content (AvgIpc) is 3.61. The summed E-state index contributed by atoms with van der Waals surface area (Å²) in [6.45, 7) is 2.64. The molecule has 4 aromatic rings. The molecule has 0 atom stereocenters. The topological polar surface area (TPSA) is 99.8 Å². The van der Waals surface area contributed by atoms with Gasteiger partial charge in [-0.3, -0.25) is 14.2 Å². The van der Waals surface area contributed by atoms with Crippen LogP contribution in [0.4, 0.5) is 14.5 Å². The highest BCUT2D eigenvalue weighted by molar-refractivity contribution is 7.13. The fourth-order valence-corrected chi connectivity index (χ4v) is 5.15. The summed E-state index contributed by atoms with van der Waals surface area (Å²) >= 11 is 1.31. The van der Waals surface area contributed by atoms with Gasteiger partial charge in [0, 0.05) is 37.0 Å². The molecule has 4 aromatic heterocycles. The summed E-state index contributed by atoms with van der Waals surface area (Å²) in [7, 11) is 1.80. The number of nitrogens with zero attached hydrogens (tertiary/aromatic N) is 6. The summed E-state index contributed by atoms with van der Waals surface area (Å²) < 4.78 is 37.6. The Kier molecular flexibility index (Phi) is 6.88. The zero-order valence-corrected chi connectivity index (χ0v) is 20.6. The Bertz CT molecular complexity index is 1370. The summed E-state index contributed by atoms with van der Waals surface area (Å²) in [5.41, 5.74) is 1.03. The second-order valence-electron chi connectivity index (χ2n) is 8.62. The van der Waals surface area contributed by atoms with E-state index >= 15 is 0 Å². The minimum atomic E-state index is -0.837. The molecule has 188 valence electrons. The Morgan fingerprint density at radius 2 is 1.97 bits per heavy atom. The third kappa shape index (κ3) is 5.05. The molecule has 5 rings (SSSR count). The van der Waals surface area contributed by atoms with Crippen molar-refractivity contribution in [2.75, 3.05) is 11.9 Å². The van der Waals surface area contributed by atoms with Gasteiger partial charge in [-0.2, -0.15) is 14.6 Å². The van der Waals surface area contributed by atoms with Crippen LogP contribution in [0.15, 0.2) is 36.1 Å². The van der Waals surface area contributed by atoms with Crippen LogP contribution < -0.4 is 5.32 Å². The summed E-state index contributed by atoms with van der Waals surface area (Å²) in [5, 5.41) is 13.7. The van der Waals surface area contributed by atoms with Crippen molar-refractivity contribution >= 4 is 22.9 Å². The lowest BCUT2D eigenvalue weighted by molar-refractivity contribution is 0.0260. The predicted octanol–water partition coefficient (Wildman–Crippen LogP) is 4.85. The number of hydrogen-bond acceptors (Lipinski definition) is 7. The maximum Gasteiger partial charge on any atom is 0.275 e. The third-order valence-electron chi connectivity index (χ3n) is 6.13. The smallest absolute Gasteiger partial charge is 0.275 e. The van der Waals surface area contributed by atoms with Gasteiger partial charge in [0.1, 0.15) is 22.1 Å². The maximum atomic E-state index is 14.7. The van der Waals surface area contributed by atoms with Gasteiger partial charge in [0.25, 0.3) is 5.91 Å². The molecule has 1 N–H and O–H groups in total. The third-order valence-corrected chi connectivity index (χ3v) is 7.02. The van der Waals surface area contributed by atoms with E-state index in [9.17, 15) is 13.6 Å². The first-order valence-corrected chi connectivity index (χ1v) is 12.6. The van der Waals surface area contributed by atoms with E-state index in [1.54, 1.807) is 40.4 Å². The SMILES string of the molecule is CCOC1CCC(n2cc(NC(=O)c3csc(-c4cnn(C)c4)n3)c(-c3nc(F)ccc3F)n2)CC1. The normalized spacial score (nSPS) is 17.9. The van der Waals surface area contributed by atoms with Crippen LogP contribution in [0, 0.1) is 11.8 Å². The highest BCUT2D eigenvalue weighted by atomic mass is 32.1. The van der Waals surface area contributed by atoms with Crippen molar-refractivity contribution < 1.29 is 18.3 Å². The number of carbonyl (C=O) groups excluding carboxylic acids is 1. The number of aromatic nitrogens is 6. The fraction of sp³-hybridized carbons (Fsp3) is 0.375. The van der Waals surface area contributed by atoms with Gasteiger partial charge >= 0.3 is 0 Å². The quantitative estimate of drug-likeness (QED) is 0.355. The largest absolute Gasteiger partial charge is 0.379 e. The van der Waals surface area contributed by atoms with Gasteiger partial charge < -0.3 is 10.1 Å². The van der Waals surface area contributed by atoms with E-state index in [0.717, 1.165) is 43.4 Å². The summed E-state index contributed by atoms with van der Waals surface area (Å²) in [6.07, 6.45) is 8.72. The molecular formula is C24H25F2N7O2S. The number of rotatable bonds is 7. The highest BCUT2D eigenvalue weighted by Crippen LogP contribution is 2.34. The lowest BCUT2D eigenvalue weighted by atomic mass is 9.93. The van der Waals surface area contributed by atoms with Gasteiger partial charge in [-0.15, -0.1) is 11.3 Å². The molecule has 0 radical (unpaired) electrons. The molecule has 36 heavy (non-hydrogen) atoms. The number of nitrogens with one attached hydrogen (secondary N) is 1. The second-order valence-corrected chi connectivity index (χ2v) is 9.47. The number of carbonyl (C=O) groups is 1. The summed E-state index contributed by atoms with van der Waals surface area (Å²) in [5.74, 6) is -2.06. The van der Waals surface area contributed by atoms with Gasteiger partial charge in [0.15, 0.2) is 5.82 Å². The van der Waals surface area contributed by atoms with Gasteiger partial charge in [-0.25, -0.2) is 14.4 Å². The van der Waals surface area contributed by atoms with E-state index in [-0.39, 0.29) is 34.9 Å². The Hall–Kier alpha value is -3.51. The summed E-state index contributed by atoms with van der Waals surface area (Å²) in [6, 6.07) is 1.98. The Morgan fingerprint density at radius 1 is 1.17 bits per heavy atom. The zero-order valence-electron chi connectivity index (χ0n) is 19.8. The molecule has 1 fully saturated rings. The standard InChI is InChI=1S/C24H25F2N7O2S/c1-3-35-16-6-4-15(5-7-16)33-12-18(22(31-33)21-17(25)8-9-20(26)30-21)28-23(34)19-13-36-24(29-19)14-10-27-32(2)11-14/h8-13,15-16H,3-7H2,1-2H3,(H,28,34). The number of thiazole rings is 1. The van der Waals surface area contributed by atoms with E-state index in [1.165, 1.54) is 11.3 Å². The first-order valence-electron chi connectivity index (χ1n) is 11.7. The second kappa shape index (κ2) is 10.2. The monoisotopic (exact) mass is 513 g/mol. The number of ether oxygens (including phenoxy) is 1. The van der Waals surface area contributed by atoms with Crippen LogP contribution in [0.2, 0.25) is 0 Å². The Morgan fingerprint density at radius 3 is 2.69 bits per heavy atom. The minimum Gasteiger partial charge on any atom is -0.379 e. The molecule has 0 saturated heterocycles. The average molecular weight is 514 g/mol. The molecule has 1 aliphatic rings. The molecule has 1 aliphatic carbocycles. The van der Waals surface area contributed by atoms with Crippen LogP contribution in [-0.2, 0) is 11.8 Å². The lowest BCUT2D eigenvalue weighted by Crippen LogP contribution is -2.24. The maximum absolute atomic E-state index is 14.7. The first kappa shape index (κ1) is 24.2. The van der Waals surface area contributed by atoms with Crippen molar-refractivity contribution in [3.05, 3.63) is 53.6 Å². The van der Waals surface area contributed by atoms with Crippen molar-refractivity contribution in [2.45, 2.75) is 44.8 Å². The Balaban J connectivity index is 1.43. The minimum absolute atomic E-state index is 0.0409. The number of hydrogen-bond donors (Lipinski definition) is 1. The van der Waals surface area contributed by atoms with Crippen molar-refractivity contribution in [3.8, 4) is 22.0 Å². The summed E-state index contributed by atoms with van der Waals surface area (Å²) in [4.78, 5) is 21.2. The number of pyridine rings is 1.